The average Bonchev–Trinajstić information content (AvgIpc) is 2.60. The van der Waals surface area contributed by atoms with Gasteiger partial charge in [-0.2, -0.15) is 0 Å². The van der Waals surface area contributed by atoms with Gasteiger partial charge in [-0.1, -0.05) is 41.7 Å². The van der Waals surface area contributed by atoms with E-state index in [2.05, 4.69) is 5.16 Å². The molecule has 1 heterocycles. The molecule has 1 aliphatic heterocycles. The van der Waals surface area contributed by atoms with E-state index in [4.69, 9.17) is 16.4 Å². The molecule has 2 unspecified atom stereocenters. The second-order valence-electron chi connectivity index (χ2n) is 4.87. The van der Waals surface area contributed by atoms with Crippen molar-refractivity contribution < 1.29 is 4.84 Å². The first kappa shape index (κ1) is 11.1. The van der Waals surface area contributed by atoms with Crippen LogP contribution in [-0.4, -0.2) is 11.8 Å². The van der Waals surface area contributed by atoms with Crippen molar-refractivity contribution in [3.8, 4) is 0 Å². The predicted octanol–water partition coefficient (Wildman–Crippen LogP) is 4.02. The molecule has 0 radical (unpaired) electrons. The molecule has 3 heteroatoms. The van der Waals surface area contributed by atoms with Gasteiger partial charge in [0.15, 0.2) is 0 Å². The third kappa shape index (κ3) is 2.19. The van der Waals surface area contributed by atoms with Gasteiger partial charge in [0.05, 0.1) is 5.71 Å². The number of rotatable bonds is 1. The molecular weight excluding hydrogens is 234 g/mol. The van der Waals surface area contributed by atoms with E-state index in [-0.39, 0.29) is 0 Å². The van der Waals surface area contributed by atoms with Crippen LogP contribution >= 0.6 is 11.6 Å². The van der Waals surface area contributed by atoms with Gasteiger partial charge in [0.2, 0.25) is 0 Å². The molecule has 2 atom stereocenters. The van der Waals surface area contributed by atoms with E-state index < -0.39 is 0 Å². The highest BCUT2D eigenvalue weighted by Gasteiger charge is 2.35. The molecular formula is C14H16ClNO. The number of nitrogens with zero attached hydrogens (tertiary/aromatic N) is 1. The summed E-state index contributed by atoms with van der Waals surface area (Å²) >= 11 is 5.91. The summed E-state index contributed by atoms with van der Waals surface area (Å²) in [6.45, 7) is 0. The first-order valence-electron chi connectivity index (χ1n) is 6.34. The maximum Gasteiger partial charge on any atom is 0.136 e. The Labute approximate surface area is 107 Å². The summed E-state index contributed by atoms with van der Waals surface area (Å²) in [5.74, 6) is 0.485. The third-order valence-corrected chi connectivity index (χ3v) is 3.98. The molecule has 2 nitrogen and oxygen atoms in total. The molecule has 1 aromatic rings. The second-order valence-corrected chi connectivity index (χ2v) is 5.31. The van der Waals surface area contributed by atoms with E-state index in [9.17, 15) is 0 Å². The van der Waals surface area contributed by atoms with Gasteiger partial charge >= 0.3 is 0 Å². The van der Waals surface area contributed by atoms with Gasteiger partial charge in [-0.25, -0.2) is 0 Å². The van der Waals surface area contributed by atoms with E-state index in [0.717, 1.165) is 22.7 Å². The summed E-state index contributed by atoms with van der Waals surface area (Å²) in [5, 5.41) is 5.06. The summed E-state index contributed by atoms with van der Waals surface area (Å²) < 4.78 is 0. The Hall–Kier alpha value is -1.02. The number of hydrogen-bond acceptors (Lipinski definition) is 2. The molecule has 90 valence electrons. The lowest BCUT2D eigenvalue weighted by Crippen LogP contribution is -2.22. The smallest absolute Gasteiger partial charge is 0.136 e. The van der Waals surface area contributed by atoms with Crippen molar-refractivity contribution in [2.75, 3.05) is 0 Å². The molecule has 3 rings (SSSR count). The highest BCUT2D eigenvalue weighted by molar-refractivity contribution is 6.30. The van der Waals surface area contributed by atoms with Crippen LogP contribution in [0.2, 0.25) is 5.02 Å². The van der Waals surface area contributed by atoms with E-state index >= 15 is 0 Å². The molecule has 1 aliphatic carbocycles. The van der Waals surface area contributed by atoms with Gasteiger partial charge in [-0.05, 0) is 37.0 Å². The Morgan fingerprint density at radius 3 is 2.65 bits per heavy atom. The Balaban J connectivity index is 1.85. The molecule has 1 aromatic carbocycles. The molecule has 0 amide bonds. The summed E-state index contributed by atoms with van der Waals surface area (Å²) in [7, 11) is 0. The first-order valence-corrected chi connectivity index (χ1v) is 6.72. The second kappa shape index (κ2) is 4.69. The molecule has 17 heavy (non-hydrogen) atoms. The maximum absolute atomic E-state index is 5.91. The van der Waals surface area contributed by atoms with Crippen LogP contribution in [-0.2, 0) is 4.84 Å². The van der Waals surface area contributed by atoms with Crippen molar-refractivity contribution in [2.45, 2.75) is 38.2 Å². The highest BCUT2D eigenvalue weighted by Crippen LogP contribution is 2.33. The van der Waals surface area contributed by atoms with Crippen LogP contribution in [0.15, 0.2) is 29.4 Å². The number of benzene rings is 1. The lowest BCUT2D eigenvalue weighted by Gasteiger charge is -2.15. The van der Waals surface area contributed by atoms with Crippen LogP contribution in [0.3, 0.4) is 0 Å². The maximum atomic E-state index is 5.91. The lowest BCUT2D eigenvalue weighted by atomic mass is 9.89. The van der Waals surface area contributed by atoms with Crippen molar-refractivity contribution in [1.29, 1.82) is 0 Å². The summed E-state index contributed by atoms with van der Waals surface area (Å²) in [6.07, 6.45) is 6.53. The minimum atomic E-state index is 0.308. The Morgan fingerprint density at radius 1 is 1.06 bits per heavy atom. The summed E-state index contributed by atoms with van der Waals surface area (Å²) in [6, 6.07) is 7.92. The van der Waals surface area contributed by atoms with Crippen molar-refractivity contribution in [1.82, 2.24) is 0 Å². The molecule has 2 aliphatic rings. The van der Waals surface area contributed by atoms with Crippen molar-refractivity contribution in [3.63, 3.8) is 0 Å². The molecule has 0 aromatic heterocycles. The normalized spacial score (nSPS) is 27.9. The zero-order valence-corrected chi connectivity index (χ0v) is 10.5. The van der Waals surface area contributed by atoms with Crippen LogP contribution in [0.1, 0.15) is 37.7 Å². The van der Waals surface area contributed by atoms with Gasteiger partial charge in [0.25, 0.3) is 0 Å². The van der Waals surface area contributed by atoms with Gasteiger partial charge in [0, 0.05) is 10.9 Å². The first-order chi connectivity index (χ1) is 8.34. The van der Waals surface area contributed by atoms with Crippen LogP contribution in [0.4, 0.5) is 0 Å². The summed E-state index contributed by atoms with van der Waals surface area (Å²) in [5.41, 5.74) is 2.28. The Morgan fingerprint density at radius 2 is 1.82 bits per heavy atom. The van der Waals surface area contributed by atoms with Gasteiger partial charge in [0.1, 0.15) is 6.10 Å². The van der Waals surface area contributed by atoms with E-state index in [1.54, 1.807) is 0 Å². The van der Waals surface area contributed by atoms with Crippen molar-refractivity contribution >= 4 is 17.3 Å². The highest BCUT2D eigenvalue weighted by atomic mass is 35.5. The van der Waals surface area contributed by atoms with Crippen LogP contribution in [0.5, 0.6) is 0 Å². The molecule has 1 fully saturated rings. The Kier molecular flexibility index (Phi) is 3.06. The minimum Gasteiger partial charge on any atom is -0.392 e. The largest absolute Gasteiger partial charge is 0.392 e. The SMILES string of the molecule is Clc1ccc(C2=NOC3CCCCCC23)cc1. The van der Waals surface area contributed by atoms with Crippen LogP contribution in [0.25, 0.3) is 0 Å². The molecule has 0 saturated heterocycles. The number of fused-ring (bicyclic) bond motifs is 1. The molecule has 0 N–H and O–H groups in total. The fourth-order valence-electron chi connectivity index (χ4n) is 2.79. The number of oxime groups is 1. The molecule has 0 spiro atoms. The minimum absolute atomic E-state index is 0.308. The van der Waals surface area contributed by atoms with Gasteiger partial charge in [-0.15, -0.1) is 0 Å². The fraction of sp³-hybridized carbons (Fsp3) is 0.500. The quantitative estimate of drug-likeness (QED) is 0.737. The third-order valence-electron chi connectivity index (χ3n) is 3.73. The van der Waals surface area contributed by atoms with Gasteiger partial charge < -0.3 is 4.84 Å². The van der Waals surface area contributed by atoms with E-state index in [0.29, 0.717) is 12.0 Å². The average molecular weight is 250 g/mol. The van der Waals surface area contributed by atoms with E-state index in [1.807, 2.05) is 24.3 Å². The van der Waals surface area contributed by atoms with Crippen molar-refractivity contribution in [3.05, 3.63) is 34.9 Å². The number of hydrogen-bond donors (Lipinski definition) is 0. The topological polar surface area (TPSA) is 21.6 Å². The lowest BCUT2D eigenvalue weighted by molar-refractivity contribution is 0.0571. The summed E-state index contributed by atoms with van der Waals surface area (Å²) in [4.78, 5) is 5.59. The van der Waals surface area contributed by atoms with Crippen LogP contribution < -0.4 is 0 Å². The Bertz CT molecular complexity index is 426. The van der Waals surface area contributed by atoms with E-state index in [1.165, 1.54) is 25.7 Å². The van der Waals surface area contributed by atoms with Gasteiger partial charge in [-0.3, -0.25) is 0 Å². The zero-order valence-electron chi connectivity index (χ0n) is 9.73. The zero-order chi connectivity index (χ0) is 11.7. The monoisotopic (exact) mass is 249 g/mol. The van der Waals surface area contributed by atoms with Crippen molar-refractivity contribution in [2.24, 2.45) is 11.1 Å². The molecule has 1 saturated carbocycles. The predicted molar refractivity (Wildman–Crippen MR) is 69.4 cm³/mol. The standard InChI is InChI=1S/C14H16ClNO/c15-11-8-6-10(7-9-11)14-12-4-2-1-3-5-13(12)17-16-14/h6-9,12-13H,1-5H2. The fourth-order valence-corrected chi connectivity index (χ4v) is 2.92. The number of halogens is 1. The van der Waals surface area contributed by atoms with Crippen LogP contribution in [0, 0.1) is 5.92 Å². The molecule has 0 bridgehead atoms.